The van der Waals surface area contributed by atoms with Gasteiger partial charge >= 0.3 is 0 Å². The summed E-state index contributed by atoms with van der Waals surface area (Å²) in [6.45, 7) is 0. The van der Waals surface area contributed by atoms with E-state index in [1.165, 1.54) is 0 Å². The molecule has 0 N–H and O–H groups in total. The lowest BCUT2D eigenvalue weighted by Gasteiger charge is -2.31. The van der Waals surface area contributed by atoms with Gasteiger partial charge in [-0.3, -0.25) is 0 Å². The molecule has 1 nitrogen and oxygen atoms in total. The molecule has 2 aliphatic carbocycles. The average Bonchev–Trinajstić information content (AvgIpc) is 3.78. The van der Waals surface area contributed by atoms with Crippen LogP contribution in [-0.4, -0.2) is 0 Å². The third-order valence-corrected chi connectivity index (χ3v) is 8.13. The minimum Gasteiger partial charge on any atom is -0.456 e. The molecule has 1 heterocycles. The van der Waals surface area contributed by atoms with Crippen molar-refractivity contribution < 1.29 is 42.8 Å². The summed E-state index contributed by atoms with van der Waals surface area (Å²) in [6, 6.07) is -25.3. The second kappa shape index (κ2) is 10.3. The molecule has 0 fully saturated rings. The number of allylic oxidation sites excluding steroid dienone is 5. The van der Waals surface area contributed by atoms with Gasteiger partial charge < -0.3 is 4.42 Å². The van der Waals surface area contributed by atoms with E-state index in [4.69, 9.17) is 29.1 Å². The first kappa shape index (κ1) is 10.8. The van der Waals surface area contributed by atoms with Crippen molar-refractivity contribution in [3.63, 3.8) is 0 Å². The van der Waals surface area contributed by atoms with Gasteiger partial charge in [0.05, 0.1) is 38.4 Å². The molecule has 220 valence electrons. The molecule has 0 aliphatic heterocycles. The average molecular weight is 627 g/mol. The van der Waals surface area contributed by atoms with Crippen LogP contribution < -0.4 is 0 Å². The van der Waals surface area contributed by atoms with E-state index in [1.54, 1.807) is 0 Å². The van der Waals surface area contributed by atoms with Crippen molar-refractivity contribution >= 4 is 49.1 Å². The Balaban J connectivity index is 1.45. The van der Waals surface area contributed by atoms with Crippen molar-refractivity contribution in [2.24, 2.45) is 5.92 Å². The maximum atomic E-state index is 9.71. The number of hydrogen-bond donors (Lipinski definition) is 0. The molecule has 2 atom stereocenters. The molecule has 0 bridgehead atoms. The monoisotopic (exact) mass is 626 g/mol. The molecule has 2 aliphatic rings. The lowest BCUT2D eigenvalue weighted by atomic mass is 9.73. The highest BCUT2D eigenvalue weighted by Crippen LogP contribution is 2.48. The van der Waals surface area contributed by atoms with E-state index in [2.05, 4.69) is 0 Å². The Morgan fingerprint density at radius 1 is 0.468 bits per heavy atom. The van der Waals surface area contributed by atoms with Crippen LogP contribution in [0.3, 0.4) is 0 Å². The quantitative estimate of drug-likeness (QED) is 0.178. The summed E-state index contributed by atoms with van der Waals surface area (Å²) in [5.74, 6) is -3.35. The Morgan fingerprint density at radius 3 is 1.81 bits per heavy atom. The molecule has 0 saturated heterocycles. The van der Waals surface area contributed by atoms with Crippen molar-refractivity contribution in [3.8, 4) is 22.3 Å². The van der Waals surface area contributed by atoms with Crippen molar-refractivity contribution in [1.82, 2.24) is 0 Å². The Hall–Kier alpha value is -5.92. The molecule has 10 rings (SSSR count). The Bertz CT molecular complexity index is 4110. The first-order valence-electron chi connectivity index (χ1n) is 28.1. The lowest BCUT2D eigenvalue weighted by molar-refractivity contribution is 0.669. The van der Waals surface area contributed by atoms with Crippen molar-refractivity contribution in [2.75, 3.05) is 0 Å². The number of fused-ring (bicyclic) bond motifs is 8. The lowest BCUT2D eigenvalue weighted by Crippen LogP contribution is -2.16. The summed E-state index contributed by atoms with van der Waals surface area (Å²) in [7, 11) is 0. The van der Waals surface area contributed by atoms with Gasteiger partial charge in [0.1, 0.15) is 11.2 Å². The molecule has 0 spiro atoms. The van der Waals surface area contributed by atoms with Crippen LogP contribution in [-0.2, 0) is 0 Å². The van der Waals surface area contributed by atoms with Crippen molar-refractivity contribution in [3.05, 3.63) is 186 Å². The highest BCUT2D eigenvalue weighted by atomic mass is 16.3. The Kier molecular flexibility index (Phi) is 2.37. The summed E-state index contributed by atoms with van der Waals surface area (Å²) >= 11 is 0. The van der Waals surface area contributed by atoms with E-state index in [0.29, 0.717) is 0 Å². The van der Waals surface area contributed by atoms with Gasteiger partial charge in [-0.15, -0.1) is 0 Å². The van der Waals surface area contributed by atoms with Crippen LogP contribution in [0.25, 0.3) is 71.3 Å². The fraction of sp³-hybridized carbons (Fsp3) is 0.0435. The molecule has 0 radical (unpaired) electrons. The summed E-state index contributed by atoms with van der Waals surface area (Å²) in [5, 5.41) is -3.91. The third kappa shape index (κ3) is 3.96. The highest BCUT2D eigenvalue weighted by molar-refractivity contribution is 6.25. The van der Waals surface area contributed by atoms with E-state index in [1.807, 2.05) is 0 Å². The molecule has 0 amide bonds. The van der Waals surface area contributed by atoms with E-state index >= 15 is 0 Å². The molecule has 8 aromatic rings. The molecule has 7 aromatic carbocycles. The predicted molar refractivity (Wildman–Crippen MR) is 198 cm³/mol. The fourth-order valence-electron chi connectivity index (χ4n) is 6.16. The Labute approximate surface area is 312 Å². The summed E-state index contributed by atoms with van der Waals surface area (Å²) in [5.41, 5.74) is -6.68. The van der Waals surface area contributed by atoms with Crippen LogP contribution in [0.4, 0.5) is 0 Å². The van der Waals surface area contributed by atoms with Gasteiger partial charge in [-0.2, -0.15) is 0 Å². The van der Waals surface area contributed by atoms with Gasteiger partial charge in [0.15, 0.2) is 0 Å². The molecule has 47 heavy (non-hydrogen) atoms. The normalized spacial score (nSPS) is 26.3. The molecule has 0 saturated carbocycles. The Morgan fingerprint density at radius 2 is 1.04 bits per heavy atom. The maximum Gasteiger partial charge on any atom is 0.136 e. The zero-order valence-electron chi connectivity index (χ0n) is 51.6. The molecular formula is C46H30O. The van der Waals surface area contributed by atoms with Crippen molar-refractivity contribution in [2.45, 2.75) is 5.92 Å². The number of benzene rings is 7. The van der Waals surface area contributed by atoms with Crippen LogP contribution in [0.5, 0.6) is 0 Å². The standard InChI is InChI=1S/C46H30O/c1-2-13-32-31(12-1)28-41(34-15-4-3-14-33(32)34)29-24-26-30(27-25-29)44-35-16-5-7-18-37(35)45(38-19-8-6-17-36(38)44)40-21-11-23-43-46(40)39-20-9-10-22-42(39)47-43/h1-28,31-32H/i1D,2D,3D,4D,5D,6D,7D,8D,9D,10D,11D,12D,13D,14D,15D,16D,17D,18D,19D,20D,21D,22D,23D,24D,25D,26D,27D,28D. The van der Waals surface area contributed by atoms with Crippen LogP contribution in [0, 0.1) is 5.92 Å². The predicted octanol–water partition coefficient (Wildman–Crippen LogP) is 12.5. The molecule has 1 aromatic heterocycles. The second-order valence-electron chi connectivity index (χ2n) is 10.6. The topological polar surface area (TPSA) is 13.1 Å². The SMILES string of the molecule is [2H]C1=C([2H])C2C([2H])=C(c3c([2H])c([2H])c(-c4c5c([2H])c([2H])c([2H])c([2H])c5c(-c5c([2H])c([2H])c([2H])c6oc7c([2H])c([2H])c([2H])c([2H])c7c56)c5c([2H])c([2H])c([2H])c([2H])c45)c([2H])c3[2H])c3c([2H])c([2H])c([2H])c([2H])c3C2C([2H])=C1[2H]. The third-order valence-electron chi connectivity index (χ3n) is 8.13. The minimum absolute atomic E-state index is 0.442. The van der Waals surface area contributed by atoms with E-state index in [9.17, 15) is 13.7 Å². The minimum atomic E-state index is -1.73. The summed E-state index contributed by atoms with van der Waals surface area (Å²) < 4.78 is 259. The second-order valence-corrected chi connectivity index (χ2v) is 10.6. The zero-order chi connectivity index (χ0) is 55.3. The van der Waals surface area contributed by atoms with E-state index in [-0.39, 0.29) is 0 Å². The van der Waals surface area contributed by atoms with Gasteiger partial charge in [0.25, 0.3) is 0 Å². The van der Waals surface area contributed by atoms with Crippen LogP contribution in [0.1, 0.15) is 61.0 Å². The summed E-state index contributed by atoms with van der Waals surface area (Å²) in [4.78, 5) is 0. The summed E-state index contributed by atoms with van der Waals surface area (Å²) in [6.07, 6.45) is 0. The zero-order valence-corrected chi connectivity index (χ0v) is 23.6. The van der Waals surface area contributed by atoms with Crippen molar-refractivity contribution in [1.29, 1.82) is 0 Å². The first-order valence-corrected chi connectivity index (χ1v) is 14.1. The van der Waals surface area contributed by atoms with E-state index < -0.39 is 269 Å². The number of para-hydroxylation sites is 1. The van der Waals surface area contributed by atoms with Crippen LogP contribution >= 0.6 is 0 Å². The number of furan rings is 1. The van der Waals surface area contributed by atoms with Crippen LogP contribution in [0.2, 0.25) is 0 Å². The molecular weight excluding hydrogens is 569 g/mol. The highest BCUT2D eigenvalue weighted by Gasteiger charge is 2.28. The van der Waals surface area contributed by atoms with Crippen LogP contribution in [0.15, 0.2) is 174 Å². The number of rotatable bonds is 3. The maximum absolute atomic E-state index is 9.71. The van der Waals surface area contributed by atoms with Gasteiger partial charge in [-0.1, -0.05) is 157 Å². The molecule has 1 heteroatoms. The largest absolute Gasteiger partial charge is 0.456 e. The van der Waals surface area contributed by atoms with Gasteiger partial charge in [-0.25, -0.2) is 0 Å². The molecule has 2 unspecified atom stereocenters. The van der Waals surface area contributed by atoms with E-state index in [0.717, 1.165) is 0 Å². The van der Waals surface area contributed by atoms with Gasteiger partial charge in [-0.05, 0) is 78.1 Å². The smallest absolute Gasteiger partial charge is 0.136 e. The van der Waals surface area contributed by atoms with Gasteiger partial charge in [0.2, 0.25) is 0 Å². The number of hydrogen-bond acceptors (Lipinski definition) is 1. The van der Waals surface area contributed by atoms with Gasteiger partial charge in [0, 0.05) is 22.6 Å². The first-order chi connectivity index (χ1) is 35.0. The fourth-order valence-corrected chi connectivity index (χ4v) is 6.16.